The van der Waals surface area contributed by atoms with Crippen LogP contribution in [0.25, 0.3) is 0 Å². The minimum atomic E-state index is -0.237. The van der Waals surface area contributed by atoms with E-state index in [9.17, 15) is 4.79 Å². The van der Waals surface area contributed by atoms with Crippen LogP contribution in [0.5, 0.6) is 0 Å². The molecule has 0 N–H and O–H groups in total. The Hall–Kier alpha value is -1.39. The van der Waals surface area contributed by atoms with Gasteiger partial charge in [0.25, 0.3) is 0 Å². The van der Waals surface area contributed by atoms with Gasteiger partial charge in [-0.2, -0.15) is 0 Å². The summed E-state index contributed by atoms with van der Waals surface area (Å²) in [4.78, 5) is 14.2. The summed E-state index contributed by atoms with van der Waals surface area (Å²) in [6.07, 6.45) is 1.31. The van der Waals surface area contributed by atoms with E-state index in [2.05, 4.69) is 4.90 Å². The molecule has 0 amide bonds. The monoisotopic (exact) mass is 247 g/mol. The van der Waals surface area contributed by atoms with Gasteiger partial charge in [-0.25, -0.2) is 4.79 Å². The number of hydrogen-bond acceptors (Lipinski definition) is 4. The fraction of sp³-hybridized carbons (Fsp3) is 0.500. The van der Waals surface area contributed by atoms with Crippen molar-refractivity contribution in [1.29, 1.82) is 0 Å². The standard InChI is InChI=1S/C14H17NO3/c16-14(11-4-2-1-3-5-11)18-10-12-8-13-9-15(12)6-7-17-13/h1-5,12-13H,6-10H2/t12-,13+/m0/s1. The summed E-state index contributed by atoms with van der Waals surface area (Å²) in [6.45, 7) is 3.19. The predicted molar refractivity (Wildman–Crippen MR) is 66.4 cm³/mol. The molecule has 0 aromatic heterocycles. The Morgan fingerprint density at radius 2 is 2.22 bits per heavy atom. The summed E-state index contributed by atoms with van der Waals surface area (Å²) in [6, 6.07) is 9.45. The molecule has 2 bridgehead atoms. The molecule has 2 heterocycles. The first-order chi connectivity index (χ1) is 8.83. The molecule has 4 nitrogen and oxygen atoms in total. The molecule has 3 atom stereocenters. The van der Waals surface area contributed by atoms with Crippen LogP contribution >= 0.6 is 0 Å². The summed E-state index contributed by atoms with van der Waals surface area (Å²) < 4.78 is 11.0. The zero-order chi connectivity index (χ0) is 12.4. The largest absolute Gasteiger partial charge is 0.460 e. The minimum absolute atomic E-state index is 0.237. The first kappa shape index (κ1) is 11.7. The minimum Gasteiger partial charge on any atom is -0.460 e. The van der Waals surface area contributed by atoms with Gasteiger partial charge >= 0.3 is 5.97 Å². The number of benzene rings is 1. The Balaban J connectivity index is 1.54. The maximum atomic E-state index is 11.8. The summed E-state index contributed by atoms with van der Waals surface area (Å²) in [5.74, 6) is -0.237. The van der Waals surface area contributed by atoms with Crippen molar-refractivity contribution in [3.05, 3.63) is 35.9 Å². The second-order valence-corrected chi connectivity index (χ2v) is 4.84. The van der Waals surface area contributed by atoms with E-state index in [1.165, 1.54) is 0 Å². The zero-order valence-corrected chi connectivity index (χ0v) is 10.2. The molecule has 0 aliphatic carbocycles. The number of carbonyl (C=O) groups excluding carboxylic acids is 1. The molecule has 2 fully saturated rings. The van der Waals surface area contributed by atoms with Crippen LogP contribution in [0.1, 0.15) is 16.8 Å². The van der Waals surface area contributed by atoms with E-state index in [4.69, 9.17) is 9.47 Å². The normalized spacial score (nSPS) is 30.1. The van der Waals surface area contributed by atoms with Crippen molar-refractivity contribution in [3.8, 4) is 0 Å². The van der Waals surface area contributed by atoms with Gasteiger partial charge in [0, 0.05) is 19.1 Å². The third-order valence-electron chi connectivity index (χ3n) is 3.64. The van der Waals surface area contributed by atoms with Gasteiger partial charge in [0.05, 0.1) is 18.3 Å². The molecule has 2 saturated heterocycles. The van der Waals surface area contributed by atoms with Crippen LogP contribution < -0.4 is 0 Å². The number of esters is 1. The van der Waals surface area contributed by atoms with Crippen molar-refractivity contribution >= 4 is 5.97 Å². The first-order valence-corrected chi connectivity index (χ1v) is 6.41. The van der Waals surface area contributed by atoms with Gasteiger partial charge in [0.1, 0.15) is 6.61 Å². The summed E-state index contributed by atoms with van der Waals surface area (Å²) >= 11 is 0. The van der Waals surface area contributed by atoms with Gasteiger partial charge in [-0.1, -0.05) is 18.2 Å². The molecule has 18 heavy (non-hydrogen) atoms. The summed E-state index contributed by atoms with van der Waals surface area (Å²) in [7, 11) is 0. The lowest BCUT2D eigenvalue weighted by atomic mass is 10.2. The van der Waals surface area contributed by atoms with E-state index in [-0.39, 0.29) is 5.97 Å². The summed E-state index contributed by atoms with van der Waals surface area (Å²) in [5.41, 5.74) is 0.615. The maximum absolute atomic E-state index is 11.8. The molecule has 0 saturated carbocycles. The molecule has 2 aliphatic heterocycles. The lowest BCUT2D eigenvalue weighted by Crippen LogP contribution is -2.39. The Labute approximate surface area is 106 Å². The maximum Gasteiger partial charge on any atom is 0.338 e. The third-order valence-corrected chi connectivity index (χ3v) is 3.64. The summed E-state index contributed by atoms with van der Waals surface area (Å²) in [5, 5.41) is 0. The van der Waals surface area contributed by atoms with E-state index >= 15 is 0 Å². The molecule has 0 radical (unpaired) electrons. The van der Waals surface area contributed by atoms with Crippen LogP contribution in [0.4, 0.5) is 0 Å². The van der Waals surface area contributed by atoms with Crippen molar-refractivity contribution in [3.63, 3.8) is 0 Å². The van der Waals surface area contributed by atoms with E-state index in [0.29, 0.717) is 24.3 Å². The van der Waals surface area contributed by atoms with Gasteiger partial charge < -0.3 is 9.47 Å². The van der Waals surface area contributed by atoms with Crippen molar-refractivity contribution in [2.45, 2.75) is 18.6 Å². The van der Waals surface area contributed by atoms with Gasteiger partial charge in [-0.15, -0.1) is 0 Å². The highest BCUT2D eigenvalue weighted by Gasteiger charge is 2.36. The van der Waals surface area contributed by atoms with Gasteiger partial charge in [0.15, 0.2) is 0 Å². The number of hydrogen-bond donors (Lipinski definition) is 0. The van der Waals surface area contributed by atoms with Crippen LogP contribution in [0.2, 0.25) is 0 Å². The number of rotatable bonds is 3. The molecule has 3 rings (SSSR count). The quantitative estimate of drug-likeness (QED) is 0.755. The second kappa shape index (κ2) is 5.08. The lowest BCUT2D eigenvalue weighted by Gasteiger charge is -2.25. The van der Waals surface area contributed by atoms with Gasteiger partial charge in [-0.3, -0.25) is 4.90 Å². The Morgan fingerprint density at radius 1 is 1.39 bits per heavy atom. The molecule has 2 aliphatic rings. The number of fused-ring (bicyclic) bond motifs is 2. The molecular formula is C14H17NO3. The molecule has 1 aromatic rings. The van der Waals surface area contributed by atoms with E-state index < -0.39 is 0 Å². The van der Waals surface area contributed by atoms with Crippen molar-refractivity contribution in [2.75, 3.05) is 26.3 Å². The zero-order valence-electron chi connectivity index (χ0n) is 10.2. The smallest absolute Gasteiger partial charge is 0.338 e. The SMILES string of the molecule is O=C(OC[C@@H]1C[C@@H]2CN1CCO2)c1ccccc1. The van der Waals surface area contributed by atoms with Crippen LogP contribution in [0.3, 0.4) is 0 Å². The van der Waals surface area contributed by atoms with Crippen LogP contribution in [0.15, 0.2) is 30.3 Å². The van der Waals surface area contributed by atoms with Crippen LogP contribution in [-0.4, -0.2) is 49.3 Å². The number of nitrogens with zero attached hydrogens (tertiary/aromatic N) is 1. The van der Waals surface area contributed by atoms with Gasteiger partial charge in [-0.05, 0) is 18.6 Å². The van der Waals surface area contributed by atoms with Crippen LogP contribution in [0, 0.1) is 0 Å². The molecule has 1 unspecified atom stereocenters. The predicted octanol–water partition coefficient (Wildman–Crippen LogP) is 1.32. The topological polar surface area (TPSA) is 38.8 Å². The molecule has 96 valence electrons. The molecule has 1 aromatic carbocycles. The number of carbonyl (C=O) groups is 1. The van der Waals surface area contributed by atoms with Crippen LogP contribution in [-0.2, 0) is 9.47 Å². The molecule has 4 heteroatoms. The number of morpholine rings is 1. The average Bonchev–Trinajstić information content (AvgIpc) is 2.71. The highest BCUT2D eigenvalue weighted by Crippen LogP contribution is 2.24. The third kappa shape index (κ3) is 2.40. The lowest BCUT2D eigenvalue weighted by molar-refractivity contribution is 0.0105. The second-order valence-electron chi connectivity index (χ2n) is 4.84. The first-order valence-electron chi connectivity index (χ1n) is 6.41. The molecular weight excluding hydrogens is 230 g/mol. The van der Waals surface area contributed by atoms with Crippen molar-refractivity contribution in [2.24, 2.45) is 0 Å². The average molecular weight is 247 g/mol. The fourth-order valence-corrected chi connectivity index (χ4v) is 2.67. The fourth-order valence-electron chi connectivity index (χ4n) is 2.67. The highest BCUT2D eigenvalue weighted by atomic mass is 16.5. The van der Waals surface area contributed by atoms with E-state index in [1.807, 2.05) is 18.2 Å². The van der Waals surface area contributed by atoms with Crippen molar-refractivity contribution in [1.82, 2.24) is 4.90 Å². The van der Waals surface area contributed by atoms with E-state index in [1.54, 1.807) is 12.1 Å². The Kier molecular flexibility index (Phi) is 3.30. The highest BCUT2D eigenvalue weighted by molar-refractivity contribution is 5.89. The van der Waals surface area contributed by atoms with Crippen molar-refractivity contribution < 1.29 is 14.3 Å². The number of ether oxygens (including phenoxy) is 2. The van der Waals surface area contributed by atoms with Gasteiger partial charge in [0.2, 0.25) is 0 Å². The van der Waals surface area contributed by atoms with E-state index in [0.717, 1.165) is 26.1 Å². The Bertz CT molecular complexity index is 420. The molecule has 0 spiro atoms. The Morgan fingerprint density at radius 3 is 3.00 bits per heavy atom.